The highest BCUT2D eigenvalue weighted by atomic mass is 16.5. The molecule has 2 saturated heterocycles. The minimum absolute atomic E-state index is 0.0545. The summed E-state index contributed by atoms with van der Waals surface area (Å²) in [6.45, 7) is 17.4. The maximum atomic E-state index is 6.36. The van der Waals surface area contributed by atoms with Crippen molar-refractivity contribution >= 4 is 0 Å². The first-order valence-electron chi connectivity index (χ1n) is 8.25. The second-order valence-electron chi connectivity index (χ2n) is 8.35. The van der Waals surface area contributed by atoms with Crippen LogP contribution in [0, 0.1) is 17.8 Å². The van der Waals surface area contributed by atoms with Gasteiger partial charge in [-0.15, -0.1) is 0 Å². The van der Waals surface area contributed by atoms with E-state index in [1.165, 1.54) is 19.5 Å². The van der Waals surface area contributed by atoms with E-state index < -0.39 is 0 Å². The molecule has 20 heavy (non-hydrogen) atoms. The number of ether oxygens (including phenoxy) is 1. The highest BCUT2D eigenvalue weighted by Gasteiger charge is 2.53. The van der Waals surface area contributed by atoms with Crippen molar-refractivity contribution in [3.63, 3.8) is 0 Å². The zero-order valence-corrected chi connectivity index (χ0v) is 14.5. The van der Waals surface area contributed by atoms with E-state index in [2.05, 4.69) is 58.8 Å². The van der Waals surface area contributed by atoms with Crippen molar-refractivity contribution in [3.8, 4) is 0 Å². The lowest BCUT2D eigenvalue weighted by Crippen LogP contribution is -2.51. The number of nitrogens with zero attached hydrogens (tertiary/aromatic N) is 1. The minimum Gasteiger partial charge on any atom is -0.368 e. The third-order valence-electron chi connectivity index (χ3n) is 5.28. The summed E-state index contributed by atoms with van der Waals surface area (Å²) in [5, 5.41) is 3.52. The molecular formula is C17H34N2O. The van der Waals surface area contributed by atoms with Crippen LogP contribution in [0.5, 0.6) is 0 Å². The van der Waals surface area contributed by atoms with Crippen LogP contribution in [-0.4, -0.2) is 48.8 Å². The van der Waals surface area contributed by atoms with Gasteiger partial charge in [0, 0.05) is 31.6 Å². The van der Waals surface area contributed by atoms with E-state index in [4.69, 9.17) is 4.74 Å². The molecule has 3 nitrogen and oxygen atoms in total. The number of rotatable bonds is 3. The second kappa shape index (κ2) is 5.58. The average molecular weight is 282 g/mol. The van der Waals surface area contributed by atoms with E-state index in [0.29, 0.717) is 12.0 Å². The number of hydrogen-bond donors (Lipinski definition) is 1. The Kier molecular flexibility index (Phi) is 4.54. The van der Waals surface area contributed by atoms with Crippen LogP contribution >= 0.6 is 0 Å². The quantitative estimate of drug-likeness (QED) is 0.861. The molecule has 0 aromatic carbocycles. The van der Waals surface area contributed by atoms with Gasteiger partial charge in [-0.05, 0) is 53.0 Å². The second-order valence-corrected chi connectivity index (χ2v) is 8.35. The lowest BCUT2D eigenvalue weighted by Gasteiger charge is -2.40. The summed E-state index contributed by atoms with van der Waals surface area (Å²) in [7, 11) is 2.08. The molecule has 0 aliphatic carbocycles. The summed E-state index contributed by atoms with van der Waals surface area (Å²) in [6, 6.07) is 0.421. The molecule has 0 bridgehead atoms. The van der Waals surface area contributed by atoms with Crippen LogP contribution in [0.3, 0.4) is 0 Å². The fraction of sp³-hybridized carbons (Fsp3) is 1.00. The third-order valence-corrected chi connectivity index (χ3v) is 5.28. The molecule has 2 aliphatic heterocycles. The third kappa shape index (κ3) is 3.20. The lowest BCUT2D eigenvalue weighted by atomic mass is 9.81. The molecule has 4 unspecified atom stereocenters. The normalized spacial score (nSPS) is 41.0. The molecule has 0 aromatic rings. The Morgan fingerprint density at radius 3 is 2.10 bits per heavy atom. The van der Waals surface area contributed by atoms with Gasteiger partial charge in [0.2, 0.25) is 0 Å². The maximum Gasteiger partial charge on any atom is 0.0790 e. The zero-order chi connectivity index (χ0) is 15.1. The van der Waals surface area contributed by atoms with Gasteiger partial charge in [0.15, 0.2) is 0 Å². The number of likely N-dealkylation sites (tertiary alicyclic amines) is 1. The molecule has 0 radical (unpaired) electrons. The van der Waals surface area contributed by atoms with Gasteiger partial charge in [-0.2, -0.15) is 0 Å². The van der Waals surface area contributed by atoms with E-state index in [0.717, 1.165) is 18.4 Å². The van der Waals surface area contributed by atoms with Crippen LogP contribution in [0.25, 0.3) is 0 Å². The SMILES string of the molecule is CNC1C(CN2CC(C)CC(C)C2)C(C)(C)OC1(C)C. The summed E-state index contributed by atoms with van der Waals surface area (Å²) >= 11 is 0. The first-order chi connectivity index (χ1) is 9.15. The number of likely N-dealkylation sites (N-methyl/N-ethyl adjacent to an activating group) is 1. The summed E-state index contributed by atoms with van der Waals surface area (Å²) in [5.74, 6) is 2.19. The highest BCUT2D eigenvalue weighted by molar-refractivity contribution is 5.06. The van der Waals surface area contributed by atoms with E-state index >= 15 is 0 Å². The Hall–Kier alpha value is -0.120. The predicted octanol–water partition coefficient (Wildman–Crippen LogP) is 2.76. The Morgan fingerprint density at radius 1 is 1.05 bits per heavy atom. The molecule has 1 N–H and O–H groups in total. The predicted molar refractivity (Wildman–Crippen MR) is 85.0 cm³/mol. The number of hydrogen-bond acceptors (Lipinski definition) is 3. The van der Waals surface area contributed by atoms with Crippen LogP contribution in [0.15, 0.2) is 0 Å². The molecule has 2 aliphatic rings. The van der Waals surface area contributed by atoms with E-state index in [1.807, 2.05) is 0 Å². The molecule has 0 saturated carbocycles. The van der Waals surface area contributed by atoms with Crippen LogP contribution in [0.1, 0.15) is 48.0 Å². The Bertz CT molecular complexity index is 330. The first-order valence-corrected chi connectivity index (χ1v) is 8.25. The summed E-state index contributed by atoms with van der Waals surface area (Å²) in [6.07, 6.45) is 1.38. The fourth-order valence-corrected chi connectivity index (χ4v) is 4.80. The molecule has 3 heteroatoms. The molecule has 0 aromatic heterocycles. The fourth-order valence-electron chi connectivity index (χ4n) is 4.80. The highest BCUT2D eigenvalue weighted by Crippen LogP contribution is 2.42. The number of piperidine rings is 1. The standard InChI is InChI=1S/C17H34N2O/c1-12-8-13(2)10-19(9-12)11-14-15(18-7)17(5,6)20-16(14,3)4/h12-15,18H,8-11H2,1-7H3. The van der Waals surface area contributed by atoms with E-state index in [9.17, 15) is 0 Å². The van der Waals surface area contributed by atoms with Crippen molar-refractivity contribution < 1.29 is 4.74 Å². The minimum atomic E-state index is -0.0874. The number of nitrogens with one attached hydrogen (secondary N) is 1. The molecule has 0 spiro atoms. The molecule has 2 rings (SSSR count). The van der Waals surface area contributed by atoms with Gasteiger partial charge in [0.25, 0.3) is 0 Å². The Labute approximate surface area is 125 Å². The molecular weight excluding hydrogens is 248 g/mol. The molecule has 2 heterocycles. The van der Waals surface area contributed by atoms with Crippen LogP contribution in [-0.2, 0) is 4.74 Å². The summed E-state index contributed by atoms with van der Waals surface area (Å²) in [5.41, 5.74) is -0.142. The topological polar surface area (TPSA) is 24.5 Å². The molecule has 118 valence electrons. The Balaban J connectivity index is 2.10. The van der Waals surface area contributed by atoms with E-state index in [1.54, 1.807) is 0 Å². The lowest BCUT2D eigenvalue weighted by molar-refractivity contribution is -0.0803. The molecule has 0 amide bonds. The molecule has 4 atom stereocenters. The van der Waals surface area contributed by atoms with Gasteiger partial charge in [0.1, 0.15) is 0 Å². The summed E-state index contributed by atoms with van der Waals surface area (Å²) < 4.78 is 6.36. The van der Waals surface area contributed by atoms with Gasteiger partial charge in [-0.1, -0.05) is 13.8 Å². The zero-order valence-electron chi connectivity index (χ0n) is 14.5. The van der Waals surface area contributed by atoms with Crippen molar-refractivity contribution in [1.29, 1.82) is 0 Å². The van der Waals surface area contributed by atoms with Crippen molar-refractivity contribution in [1.82, 2.24) is 10.2 Å². The maximum absolute atomic E-state index is 6.36. The first kappa shape index (κ1) is 16.3. The monoisotopic (exact) mass is 282 g/mol. The van der Waals surface area contributed by atoms with E-state index in [-0.39, 0.29) is 11.2 Å². The van der Waals surface area contributed by atoms with Crippen molar-refractivity contribution in [2.24, 2.45) is 17.8 Å². The van der Waals surface area contributed by atoms with Crippen molar-refractivity contribution in [2.45, 2.75) is 65.2 Å². The van der Waals surface area contributed by atoms with Crippen molar-refractivity contribution in [3.05, 3.63) is 0 Å². The largest absolute Gasteiger partial charge is 0.368 e. The van der Waals surface area contributed by atoms with Crippen molar-refractivity contribution in [2.75, 3.05) is 26.7 Å². The van der Waals surface area contributed by atoms with Gasteiger partial charge in [-0.25, -0.2) is 0 Å². The van der Waals surface area contributed by atoms with Crippen LogP contribution in [0.2, 0.25) is 0 Å². The Morgan fingerprint density at radius 2 is 1.60 bits per heavy atom. The van der Waals surface area contributed by atoms with Crippen LogP contribution < -0.4 is 5.32 Å². The van der Waals surface area contributed by atoms with Gasteiger partial charge >= 0.3 is 0 Å². The molecule has 2 fully saturated rings. The summed E-state index contributed by atoms with van der Waals surface area (Å²) in [4.78, 5) is 2.67. The smallest absolute Gasteiger partial charge is 0.0790 e. The average Bonchev–Trinajstić information content (AvgIpc) is 2.41. The van der Waals surface area contributed by atoms with Crippen LogP contribution in [0.4, 0.5) is 0 Å². The van der Waals surface area contributed by atoms with Gasteiger partial charge in [0.05, 0.1) is 11.2 Å². The van der Waals surface area contributed by atoms with Gasteiger partial charge in [-0.3, -0.25) is 0 Å². The van der Waals surface area contributed by atoms with Gasteiger partial charge < -0.3 is 15.0 Å².